The molecule has 0 fully saturated rings. The van der Waals surface area contributed by atoms with E-state index in [9.17, 15) is 18.0 Å². The quantitative estimate of drug-likeness (QED) is 0.526. The highest BCUT2D eigenvalue weighted by atomic mass is 32.2. The number of thiocyanates is 1. The fourth-order valence-electron chi connectivity index (χ4n) is 2.32. The Morgan fingerprint density at radius 3 is 2.38 bits per heavy atom. The molecule has 0 heterocycles. The summed E-state index contributed by atoms with van der Waals surface area (Å²) in [6.07, 6.45) is -4.41. The summed E-state index contributed by atoms with van der Waals surface area (Å²) in [5.41, 5.74) is 1.56. The lowest BCUT2D eigenvalue weighted by molar-refractivity contribution is -0.137. The van der Waals surface area contributed by atoms with E-state index in [1.807, 2.05) is 19.2 Å². The molecule has 2 rings (SSSR count). The fraction of sp³-hybridized carbons (Fsp3) is 0.222. The molecule has 1 N–H and O–H groups in total. The number of carbonyl (C=O) groups is 1. The largest absolute Gasteiger partial charge is 0.416 e. The van der Waals surface area contributed by atoms with E-state index in [-0.39, 0.29) is 11.7 Å². The molecule has 2 aromatic carbocycles. The Balaban J connectivity index is 2.03. The standard InChI is InChI=1S/C18H15F3N2OS2/c1-11-6-15(26-10-22)7-12(2)17(11)23-16(24)9-25-14-5-3-4-13(8-14)18(19,20)21/h3-8H,9H2,1-2H3,(H,23,24). The number of rotatable bonds is 5. The topological polar surface area (TPSA) is 52.9 Å². The average molecular weight is 396 g/mol. The Kier molecular flexibility index (Phi) is 6.62. The predicted molar refractivity (Wildman–Crippen MR) is 98.2 cm³/mol. The number of hydrogen-bond donors (Lipinski definition) is 1. The Morgan fingerprint density at radius 2 is 1.81 bits per heavy atom. The van der Waals surface area contributed by atoms with E-state index >= 15 is 0 Å². The third kappa shape index (κ3) is 5.44. The average Bonchev–Trinajstić information content (AvgIpc) is 2.56. The Hall–Kier alpha value is -2.11. The van der Waals surface area contributed by atoms with E-state index in [2.05, 4.69) is 5.32 Å². The molecule has 26 heavy (non-hydrogen) atoms. The van der Waals surface area contributed by atoms with Gasteiger partial charge in [-0.05, 0) is 67.1 Å². The van der Waals surface area contributed by atoms with Gasteiger partial charge in [-0.15, -0.1) is 11.8 Å². The number of amides is 1. The summed E-state index contributed by atoms with van der Waals surface area (Å²) in [6, 6.07) is 8.49. The Morgan fingerprint density at radius 1 is 1.15 bits per heavy atom. The lowest BCUT2D eigenvalue weighted by atomic mass is 10.1. The van der Waals surface area contributed by atoms with Gasteiger partial charge in [0.25, 0.3) is 0 Å². The second kappa shape index (κ2) is 8.52. The molecular weight excluding hydrogens is 381 g/mol. The molecule has 0 saturated heterocycles. The molecule has 3 nitrogen and oxygen atoms in total. The molecular formula is C18H15F3N2OS2. The number of halogens is 3. The Bertz CT molecular complexity index is 837. The van der Waals surface area contributed by atoms with Crippen LogP contribution in [0.5, 0.6) is 0 Å². The van der Waals surface area contributed by atoms with Crippen LogP contribution in [0.1, 0.15) is 16.7 Å². The molecule has 8 heteroatoms. The SMILES string of the molecule is Cc1cc(SC#N)cc(C)c1NC(=O)CSc1cccc(C(F)(F)F)c1. The van der Waals surface area contributed by atoms with Gasteiger partial charge in [-0.2, -0.15) is 18.4 Å². The first-order valence-electron chi connectivity index (χ1n) is 7.48. The third-order valence-corrected chi connectivity index (χ3v) is 5.02. The number of nitrogens with one attached hydrogen (secondary N) is 1. The lowest BCUT2D eigenvalue weighted by Crippen LogP contribution is -2.16. The first-order chi connectivity index (χ1) is 12.2. The van der Waals surface area contributed by atoms with Crippen LogP contribution >= 0.6 is 23.5 Å². The van der Waals surface area contributed by atoms with Crippen LogP contribution in [-0.4, -0.2) is 11.7 Å². The molecule has 0 spiro atoms. The number of thioether (sulfide) groups is 2. The number of nitriles is 1. The van der Waals surface area contributed by atoms with Gasteiger partial charge in [0.15, 0.2) is 0 Å². The van der Waals surface area contributed by atoms with E-state index in [0.29, 0.717) is 10.6 Å². The molecule has 0 unspecified atom stereocenters. The number of hydrogen-bond acceptors (Lipinski definition) is 4. The minimum atomic E-state index is -4.41. The molecule has 0 radical (unpaired) electrons. The van der Waals surface area contributed by atoms with Crippen LogP contribution in [0.2, 0.25) is 0 Å². The zero-order valence-electron chi connectivity index (χ0n) is 14.0. The van der Waals surface area contributed by atoms with Gasteiger partial charge in [-0.1, -0.05) is 6.07 Å². The number of benzene rings is 2. The first-order valence-corrected chi connectivity index (χ1v) is 9.28. The molecule has 0 aromatic heterocycles. The first kappa shape index (κ1) is 20.2. The summed E-state index contributed by atoms with van der Waals surface area (Å²) in [7, 11) is 0. The number of alkyl halides is 3. The maximum absolute atomic E-state index is 12.7. The van der Waals surface area contributed by atoms with Crippen molar-refractivity contribution in [3.63, 3.8) is 0 Å². The van der Waals surface area contributed by atoms with Gasteiger partial charge >= 0.3 is 6.18 Å². The normalized spacial score (nSPS) is 11.1. The molecule has 0 saturated carbocycles. The highest BCUT2D eigenvalue weighted by Crippen LogP contribution is 2.32. The number of nitrogens with zero attached hydrogens (tertiary/aromatic N) is 1. The van der Waals surface area contributed by atoms with Gasteiger partial charge < -0.3 is 5.32 Å². The van der Waals surface area contributed by atoms with Gasteiger partial charge in [-0.25, -0.2) is 0 Å². The van der Waals surface area contributed by atoms with Gasteiger partial charge in [0, 0.05) is 15.5 Å². The summed E-state index contributed by atoms with van der Waals surface area (Å²) in [5, 5.41) is 13.5. The number of carbonyl (C=O) groups excluding carboxylic acids is 1. The maximum Gasteiger partial charge on any atom is 0.416 e. The van der Waals surface area contributed by atoms with Crippen LogP contribution in [0.3, 0.4) is 0 Å². The van der Waals surface area contributed by atoms with Gasteiger partial charge in [0.1, 0.15) is 5.40 Å². The van der Waals surface area contributed by atoms with Crippen LogP contribution in [0, 0.1) is 24.5 Å². The van der Waals surface area contributed by atoms with Crippen molar-refractivity contribution in [1.29, 1.82) is 5.26 Å². The molecule has 0 aliphatic heterocycles. The van der Waals surface area contributed by atoms with E-state index in [1.165, 1.54) is 12.1 Å². The number of anilines is 1. The molecule has 0 aliphatic carbocycles. The van der Waals surface area contributed by atoms with Crippen LogP contribution in [0.25, 0.3) is 0 Å². The van der Waals surface area contributed by atoms with Crippen molar-refractivity contribution in [2.24, 2.45) is 0 Å². The smallest absolute Gasteiger partial charge is 0.325 e. The molecule has 1 amide bonds. The van der Waals surface area contributed by atoms with Crippen LogP contribution in [0.4, 0.5) is 18.9 Å². The van der Waals surface area contributed by atoms with Crippen molar-refractivity contribution in [3.8, 4) is 5.40 Å². The minimum Gasteiger partial charge on any atom is -0.325 e. The highest BCUT2D eigenvalue weighted by Gasteiger charge is 2.30. The van der Waals surface area contributed by atoms with E-state index in [1.54, 1.807) is 12.1 Å². The van der Waals surface area contributed by atoms with Gasteiger partial charge in [0.2, 0.25) is 5.91 Å². The van der Waals surface area contributed by atoms with Crippen molar-refractivity contribution in [2.75, 3.05) is 11.1 Å². The second-order valence-corrected chi connectivity index (χ2v) is 7.39. The maximum atomic E-state index is 12.7. The van der Waals surface area contributed by atoms with Crippen molar-refractivity contribution < 1.29 is 18.0 Å². The summed E-state index contributed by atoms with van der Waals surface area (Å²) >= 11 is 2.08. The zero-order valence-corrected chi connectivity index (χ0v) is 15.6. The van der Waals surface area contributed by atoms with Crippen molar-refractivity contribution >= 4 is 35.1 Å². The van der Waals surface area contributed by atoms with E-state index in [0.717, 1.165) is 51.7 Å². The van der Waals surface area contributed by atoms with Gasteiger partial charge in [0.05, 0.1) is 11.3 Å². The third-order valence-electron chi connectivity index (χ3n) is 3.47. The summed E-state index contributed by atoms with van der Waals surface area (Å²) in [5.74, 6) is -0.311. The van der Waals surface area contributed by atoms with E-state index < -0.39 is 11.7 Å². The number of aryl methyl sites for hydroxylation is 2. The fourth-order valence-corrected chi connectivity index (χ4v) is 3.65. The molecule has 0 aliphatic rings. The predicted octanol–water partition coefficient (Wildman–Crippen LogP) is 5.63. The summed E-state index contributed by atoms with van der Waals surface area (Å²) in [6.45, 7) is 3.65. The molecule has 2 aromatic rings. The van der Waals surface area contributed by atoms with Crippen molar-refractivity contribution in [2.45, 2.75) is 29.8 Å². The second-order valence-electron chi connectivity index (χ2n) is 5.49. The van der Waals surface area contributed by atoms with Crippen molar-refractivity contribution in [1.82, 2.24) is 0 Å². The Labute approximate surface area is 158 Å². The van der Waals surface area contributed by atoms with Crippen LogP contribution in [0.15, 0.2) is 46.2 Å². The minimum absolute atomic E-state index is 0.00507. The van der Waals surface area contributed by atoms with Crippen molar-refractivity contribution in [3.05, 3.63) is 53.1 Å². The zero-order chi connectivity index (χ0) is 19.3. The highest BCUT2D eigenvalue weighted by molar-refractivity contribution is 8.03. The summed E-state index contributed by atoms with van der Waals surface area (Å²) in [4.78, 5) is 13.3. The lowest BCUT2D eigenvalue weighted by Gasteiger charge is -2.13. The van der Waals surface area contributed by atoms with E-state index in [4.69, 9.17) is 5.26 Å². The monoisotopic (exact) mass is 396 g/mol. The molecule has 136 valence electrons. The molecule has 0 bridgehead atoms. The van der Waals surface area contributed by atoms with Crippen LogP contribution < -0.4 is 5.32 Å². The van der Waals surface area contributed by atoms with Crippen LogP contribution in [-0.2, 0) is 11.0 Å². The van der Waals surface area contributed by atoms with Gasteiger partial charge in [-0.3, -0.25) is 4.79 Å². The molecule has 0 atom stereocenters. The summed E-state index contributed by atoms with van der Waals surface area (Å²) < 4.78 is 38.2.